The number of guanidine groups is 1. The van der Waals surface area contributed by atoms with E-state index in [0.29, 0.717) is 23.1 Å². The Morgan fingerprint density at radius 1 is 1.15 bits per heavy atom. The average Bonchev–Trinajstić information content (AvgIpc) is 3.23. The lowest BCUT2D eigenvalue weighted by molar-refractivity contribution is -0.0494. The summed E-state index contributed by atoms with van der Waals surface area (Å²) in [5.74, 6) is 3.24. The number of sulfonamides is 1. The van der Waals surface area contributed by atoms with Crippen molar-refractivity contribution >= 4 is 16.0 Å². The second kappa shape index (κ2) is 8.14. The van der Waals surface area contributed by atoms with Crippen LogP contribution in [0.2, 0.25) is 0 Å². The molecule has 2 saturated carbocycles. The van der Waals surface area contributed by atoms with Gasteiger partial charge in [-0.15, -0.1) is 0 Å². The number of alkyl halides is 3. The maximum Gasteiger partial charge on any atom is 0.511 e. The van der Waals surface area contributed by atoms with E-state index >= 15 is 0 Å². The van der Waals surface area contributed by atoms with Crippen molar-refractivity contribution in [1.29, 1.82) is 0 Å². The fourth-order valence-electron chi connectivity index (χ4n) is 4.88. The van der Waals surface area contributed by atoms with E-state index in [-0.39, 0.29) is 19.1 Å². The Bertz CT molecular complexity index is 645. The van der Waals surface area contributed by atoms with Gasteiger partial charge in [-0.2, -0.15) is 17.5 Å². The van der Waals surface area contributed by atoms with E-state index in [1.54, 1.807) is 7.05 Å². The van der Waals surface area contributed by atoms with Crippen LogP contribution in [0.1, 0.15) is 44.9 Å². The molecule has 0 aromatic heterocycles. The topological polar surface area (TPSA) is 73.8 Å². The largest absolute Gasteiger partial charge is 0.511 e. The van der Waals surface area contributed by atoms with Gasteiger partial charge in [0.05, 0.1) is 0 Å². The van der Waals surface area contributed by atoms with Gasteiger partial charge < -0.3 is 10.6 Å². The fourth-order valence-corrected chi connectivity index (χ4v) is 5.87. The third-order valence-corrected chi connectivity index (χ3v) is 7.97. The number of nitrogens with zero attached hydrogens (tertiary/aromatic N) is 2. The first-order valence-electron chi connectivity index (χ1n) is 9.74. The zero-order valence-electron chi connectivity index (χ0n) is 15.6. The van der Waals surface area contributed by atoms with Crippen LogP contribution in [-0.2, 0) is 10.0 Å². The second-order valence-electron chi connectivity index (χ2n) is 7.99. The molecular formula is C17H29F3N4O2S. The molecule has 3 fully saturated rings. The number of halogens is 3. The van der Waals surface area contributed by atoms with Crippen LogP contribution in [0.15, 0.2) is 4.99 Å². The summed E-state index contributed by atoms with van der Waals surface area (Å²) in [6.07, 6.45) is 7.23. The normalized spacial score (nSPS) is 30.7. The molecule has 0 amide bonds. The van der Waals surface area contributed by atoms with E-state index < -0.39 is 15.5 Å². The van der Waals surface area contributed by atoms with Gasteiger partial charge in [0.25, 0.3) is 0 Å². The lowest BCUT2D eigenvalue weighted by Gasteiger charge is -2.32. The zero-order chi connectivity index (χ0) is 19.7. The molecule has 2 N–H and O–H groups in total. The summed E-state index contributed by atoms with van der Waals surface area (Å²) < 4.78 is 61.3. The number of piperidine rings is 1. The van der Waals surface area contributed by atoms with Gasteiger partial charge in [0.1, 0.15) is 0 Å². The molecule has 6 nitrogen and oxygen atoms in total. The van der Waals surface area contributed by atoms with E-state index in [0.717, 1.165) is 30.7 Å². The minimum absolute atomic E-state index is 0.0848. The Morgan fingerprint density at radius 3 is 2.37 bits per heavy atom. The van der Waals surface area contributed by atoms with Crippen LogP contribution in [0.25, 0.3) is 0 Å². The summed E-state index contributed by atoms with van der Waals surface area (Å²) in [5, 5.41) is 6.51. The van der Waals surface area contributed by atoms with Crippen molar-refractivity contribution in [1.82, 2.24) is 14.9 Å². The summed E-state index contributed by atoms with van der Waals surface area (Å²) in [6.45, 7) is 0.554. The van der Waals surface area contributed by atoms with E-state index in [4.69, 9.17) is 0 Å². The highest BCUT2D eigenvalue weighted by Gasteiger charge is 2.50. The summed E-state index contributed by atoms with van der Waals surface area (Å²) in [7, 11) is -3.56. The van der Waals surface area contributed by atoms with Crippen LogP contribution in [0.5, 0.6) is 0 Å². The molecule has 3 atom stereocenters. The van der Waals surface area contributed by atoms with Crippen LogP contribution < -0.4 is 10.6 Å². The SMILES string of the molecule is CN=C(NCCC1CC2CCC1C2)NC1CCN(S(=O)(=O)C(F)(F)F)CC1. The molecule has 156 valence electrons. The number of hydrogen-bond donors (Lipinski definition) is 2. The Hall–Kier alpha value is -1.03. The van der Waals surface area contributed by atoms with Crippen molar-refractivity contribution in [3.63, 3.8) is 0 Å². The molecule has 3 rings (SSSR count). The molecule has 3 aliphatic rings. The average molecular weight is 411 g/mol. The second-order valence-corrected chi connectivity index (χ2v) is 9.92. The van der Waals surface area contributed by atoms with Gasteiger partial charge >= 0.3 is 15.5 Å². The van der Waals surface area contributed by atoms with E-state index in [9.17, 15) is 21.6 Å². The van der Waals surface area contributed by atoms with Crippen molar-refractivity contribution in [3.8, 4) is 0 Å². The smallest absolute Gasteiger partial charge is 0.356 e. The van der Waals surface area contributed by atoms with Gasteiger partial charge in [0.2, 0.25) is 0 Å². The summed E-state index contributed by atoms with van der Waals surface area (Å²) >= 11 is 0. The van der Waals surface area contributed by atoms with E-state index in [1.165, 1.54) is 25.7 Å². The zero-order valence-corrected chi connectivity index (χ0v) is 16.5. The third-order valence-electron chi connectivity index (χ3n) is 6.34. The highest BCUT2D eigenvalue weighted by atomic mass is 32.2. The molecule has 10 heteroatoms. The van der Waals surface area contributed by atoms with E-state index in [2.05, 4.69) is 15.6 Å². The van der Waals surface area contributed by atoms with Gasteiger partial charge in [-0.1, -0.05) is 6.42 Å². The van der Waals surface area contributed by atoms with Crippen molar-refractivity contribution < 1.29 is 21.6 Å². The molecular weight excluding hydrogens is 381 g/mol. The number of aliphatic imine (C=N–C) groups is 1. The number of hydrogen-bond acceptors (Lipinski definition) is 3. The molecule has 0 radical (unpaired) electrons. The van der Waals surface area contributed by atoms with E-state index in [1.807, 2.05) is 0 Å². The van der Waals surface area contributed by atoms with Crippen molar-refractivity contribution in [2.75, 3.05) is 26.7 Å². The number of rotatable bonds is 5. The minimum Gasteiger partial charge on any atom is -0.356 e. The molecule has 2 aliphatic carbocycles. The quantitative estimate of drug-likeness (QED) is 0.539. The van der Waals surface area contributed by atoms with Gasteiger partial charge in [-0.05, 0) is 56.3 Å². The molecule has 1 heterocycles. The molecule has 1 aliphatic heterocycles. The Kier molecular flexibility index (Phi) is 6.24. The van der Waals surface area contributed by atoms with Crippen molar-refractivity contribution in [2.24, 2.45) is 22.7 Å². The summed E-state index contributed by atoms with van der Waals surface area (Å²) in [4.78, 5) is 4.18. The maximum atomic E-state index is 12.6. The number of nitrogens with one attached hydrogen (secondary N) is 2. The monoisotopic (exact) mass is 410 g/mol. The van der Waals surface area contributed by atoms with Gasteiger partial charge in [0.15, 0.2) is 5.96 Å². The van der Waals surface area contributed by atoms with Crippen LogP contribution >= 0.6 is 0 Å². The fraction of sp³-hybridized carbons (Fsp3) is 0.941. The molecule has 3 unspecified atom stereocenters. The Morgan fingerprint density at radius 2 is 1.85 bits per heavy atom. The number of fused-ring (bicyclic) bond motifs is 2. The molecule has 0 aromatic rings. The molecule has 0 aromatic carbocycles. The molecule has 0 spiro atoms. The minimum atomic E-state index is -5.23. The lowest BCUT2D eigenvalue weighted by Crippen LogP contribution is -2.51. The van der Waals surface area contributed by atoms with Crippen LogP contribution in [0.4, 0.5) is 13.2 Å². The molecule has 2 bridgehead atoms. The van der Waals surface area contributed by atoms with Crippen molar-refractivity contribution in [2.45, 2.75) is 56.5 Å². The van der Waals surface area contributed by atoms with Gasteiger partial charge in [-0.3, -0.25) is 4.99 Å². The predicted molar refractivity (Wildman–Crippen MR) is 97.6 cm³/mol. The highest BCUT2D eigenvalue weighted by Crippen LogP contribution is 2.49. The van der Waals surface area contributed by atoms with Gasteiger partial charge in [0, 0.05) is 32.7 Å². The van der Waals surface area contributed by atoms with Crippen LogP contribution in [-0.4, -0.2) is 56.9 Å². The Balaban J connectivity index is 1.39. The summed E-state index contributed by atoms with van der Waals surface area (Å²) in [6, 6.07) is -0.0848. The lowest BCUT2D eigenvalue weighted by atomic mass is 9.86. The standard InChI is InChI=1S/C17H29F3N4O2S/c1-21-16(22-7-4-14-11-12-2-3-13(14)10-12)23-15-5-8-24(9-6-15)27(25,26)17(18,19)20/h12-15H,2-11H2,1H3,(H2,21,22,23). The van der Waals surface area contributed by atoms with Crippen molar-refractivity contribution in [3.05, 3.63) is 0 Å². The summed E-state index contributed by atoms with van der Waals surface area (Å²) in [5.41, 5.74) is -5.23. The van der Waals surface area contributed by atoms with Gasteiger partial charge in [-0.25, -0.2) is 8.42 Å². The predicted octanol–water partition coefficient (Wildman–Crippen LogP) is 2.29. The maximum absolute atomic E-state index is 12.6. The highest BCUT2D eigenvalue weighted by molar-refractivity contribution is 7.90. The van der Waals surface area contributed by atoms with Crippen LogP contribution in [0, 0.1) is 17.8 Å². The first-order valence-corrected chi connectivity index (χ1v) is 11.2. The van der Waals surface area contributed by atoms with Crippen LogP contribution in [0.3, 0.4) is 0 Å². The molecule has 1 saturated heterocycles. The first-order chi connectivity index (χ1) is 12.7. The Labute approximate surface area is 159 Å². The third kappa shape index (κ3) is 4.70. The first kappa shape index (κ1) is 20.7. The molecule has 27 heavy (non-hydrogen) atoms.